The molecule has 1 N–H and O–H groups in total. The molecule has 4 heterocycles. The largest absolute Gasteiger partial charge is 0.308 e. The second kappa shape index (κ2) is 10.8. The summed E-state index contributed by atoms with van der Waals surface area (Å²) in [7, 11) is 0. The van der Waals surface area contributed by atoms with Gasteiger partial charge in [0.15, 0.2) is 11.4 Å². The van der Waals surface area contributed by atoms with Crippen LogP contribution in [0.4, 0.5) is 0 Å². The Labute approximate surface area is 232 Å². The topological polar surface area (TPSA) is 115 Å². The van der Waals surface area contributed by atoms with E-state index in [-0.39, 0.29) is 5.78 Å². The van der Waals surface area contributed by atoms with E-state index < -0.39 is 0 Å². The van der Waals surface area contributed by atoms with Gasteiger partial charge >= 0.3 is 0 Å². The molecule has 0 amide bonds. The molecule has 2 aromatic carbocycles. The molecule has 40 heavy (non-hydrogen) atoms. The van der Waals surface area contributed by atoms with E-state index in [0.717, 1.165) is 75.5 Å². The third-order valence-electron chi connectivity index (χ3n) is 7.31. The van der Waals surface area contributed by atoms with E-state index in [1.165, 1.54) is 0 Å². The molecule has 9 nitrogen and oxygen atoms in total. The molecule has 0 radical (unpaired) electrons. The molecule has 0 saturated carbocycles. The van der Waals surface area contributed by atoms with Crippen molar-refractivity contribution in [1.29, 1.82) is 0 Å². The summed E-state index contributed by atoms with van der Waals surface area (Å²) in [5.74, 6) is 1.66. The van der Waals surface area contributed by atoms with Gasteiger partial charge in [-0.3, -0.25) is 4.79 Å². The van der Waals surface area contributed by atoms with Crippen molar-refractivity contribution >= 4 is 28.4 Å². The number of imidazole rings is 1. The van der Waals surface area contributed by atoms with Crippen LogP contribution in [0.15, 0.2) is 65.7 Å². The zero-order valence-electron chi connectivity index (χ0n) is 22.8. The Morgan fingerprint density at radius 2 is 1.77 bits per heavy atom. The van der Waals surface area contributed by atoms with Crippen LogP contribution in [-0.4, -0.2) is 46.7 Å². The SMILES string of the molecule is CCCCc1nc2cc(C3=CCC(=O)C(C)=N3)c(C)nc2n1Cc1ccc(-c2ccccc2-c2nn[nH]n2)cc1. The van der Waals surface area contributed by atoms with E-state index in [1.807, 2.05) is 31.2 Å². The van der Waals surface area contributed by atoms with E-state index in [9.17, 15) is 4.79 Å². The molecule has 6 rings (SSSR count). The van der Waals surface area contributed by atoms with Crippen molar-refractivity contribution in [3.05, 3.63) is 83.3 Å². The van der Waals surface area contributed by atoms with Gasteiger partial charge in [-0.05, 0) is 48.2 Å². The average Bonchev–Trinajstić information content (AvgIpc) is 3.62. The monoisotopic (exact) mass is 530 g/mol. The average molecular weight is 531 g/mol. The Bertz CT molecular complexity index is 1760. The van der Waals surface area contributed by atoms with Crippen molar-refractivity contribution in [2.24, 2.45) is 4.99 Å². The summed E-state index contributed by atoms with van der Waals surface area (Å²) in [5.41, 5.74) is 9.08. The molecule has 1 aliphatic rings. The van der Waals surface area contributed by atoms with Gasteiger partial charge in [0.05, 0.1) is 18.0 Å². The standard InChI is InChI=1S/C31H30N8O/c1-4-5-10-29-34-27-17-25(26-15-16-28(40)20(3)32-26)19(2)33-31(27)39(29)18-21-11-13-22(14-12-21)23-8-6-7-9-24(23)30-35-37-38-36-30/h6-9,11-15,17H,4-5,10,16,18H2,1-3H3,(H,35,36,37,38). The molecule has 5 aromatic rings. The molecule has 0 saturated heterocycles. The molecular formula is C31H30N8O. The summed E-state index contributed by atoms with van der Waals surface area (Å²) in [6, 6.07) is 18.7. The number of nitrogens with one attached hydrogen (secondary N) is 1. The maximum Gasteiger partial charge on any atom is 0.205 e. The maximum atomic E-state index is 11.9. The lowest BCUT2D eigenvalue weighted by molar-refractivity contribution is -0.112. The fraction of sp³-hybridized carbons (Fsp3) is 0.258. The lowest BCUT2D eigenvalue weighted by atomic mass is 9.98. The minimum Gasteiger partial charge on any atom is -0.308 e. The highest BCUT2D eigenvalue weighted by atomic mass is 16.1. The van der Waals surface area contributed by atoms with E-state index in [1.54, 1.807) is 6.92 Å². The van der Waals surface area contributed by atoms with Gasteiger partial charge in [0.2, 0.25) is 5.82 Å². The highest BCUT2D eigenvalue weighted by Gasteiger charge is 2.19. The molecular weight excluding hydrogens is 500 g/mol. The summed E-state index contributed by atoms with van der Waals surface area (Å²) in [6.07, 6.45) is 5.28. The minimum absolute atomic E-state index is 0.0610. The van der Waals surface area contributed by atoms with Crippen molar-refractivity contribution < 1.29 is 4.79 Å². The number of unbranched alkanes of at least 4 members (excludes halogenated alkanes) is 1. The first-order valence-corrected chi connectivity index (χ1v) is 13.6. The van der Waals surface area contributed by atoms with Crippen LogP contribution >= 0.6 is 0 Å². The molecule has 9 heteroatoms. The van der Waals surface area contributed by atoms with Gasteiger partial charge in [-0.25, -0.2) is 15.0 Å². The number of pyridine rings is 1. The number of aromatic nitrogens is 7. The fourth-order valence-electron chi connectivity index (χ4n) is 5.11. The molecule has 0 atom stereocenters. The third kappa shape index (κ3) is 4.86. The van der Waals surface area contributed by atoms with Crippen molar-refractivity contribution in [3.63, 3.8) is 0 Å². The van der Waals surface area contributed by atoms with Crippen molar-refractivity contribution in [2.75, 3.05) is 0 Å². The Kier molecular flexibility index (Phi) is 6.86. The minimum atomic E-state index is 0.0610. The van der Waals surface area contributed by atoms with Gasteiger partial charge in [0.1, 0.15) is 11.3 Å². The number of Topliss-reactive ketones (excluding diaryl/α,β-unsaturated/α-hetero) is 1. The first-order chi connectivity index (χ1) is 19.5. The molecule has 3 aromatic heterocycles. The first kappa shape index (κ1) is 25.5. The van der Waals surface area contributed by atoms with E-state index in [0.29, 0.717) is 24.5 Å². The van der Waals surface area contributed by atoms with Gasteiger partial charge in [-0.1, -0.05) is 68.0 Å². The lowest BCUT2D eigenvalue weighted by Crippen LogP contribution is -2.13. The first-order valence-electron chi connectivity index (χ1n) is 13.6. The van der Waals surface area contributed by atoms with Crippen LogP contribution in [-0.2, 0) is 17.8 Å². The predicted molar refractivity (Wildman–Crippen MR) is 156 cm³/mol. The smallest absolute Gasteiger partial charge is 0.205 e. The second-order valence-corrected chi connectivity index (χ2v) is 10.1. The third-order valence-corrected chi connectivity index (χ3v) is 7.31. The molecule has 0 unspecified atom stereocenters. The quantitative estimate of drug-likeness (QED) is 0.273. The van der Waals surface area contributed by atoms with Crippen molar-refractivity contribution in [2.45, 2.75) is 53.0 Å². The number of allylic oxidation sites excluding steroid dienone is 1. The Balaban J connectivity index is 1.34. The molecule has 0 spiro atoms. The number of ketones is 1. The number of tetrazole rings is 1. The van der Waals surface area contributed by atoms with E-state index in [2.05, 4.69) is 73.5 Å². The molecule has 1 aliphatic heterocycles. The second-order valence-electron chi connectivity index (χ2n) is 10.1. The number of carbonyl (C=O) groups is 1. The Hall–Kier alpha value is -4.79. The Morgan fingerprint density at radius 1 is 0.975 bits per heavy atom. The van der Waals surface area contributed by atoms with Gasteiger partial charge in [0, 0.05) is 29.7 Å². The summed E-state index contributed by atoms with van der Waals surface area (Å²) in [6.45, 7) is 6.62. The Morgan fingerprint density at radius 3 is 2.50 bits per heavy atom. The number of carbonyl (C=O) groups excluding carboxylic acids is 1. The van der Waals surface area contributed by atoms with Crippen LogP contribution in [0.1, 0.15) is 55.8 Å². The number of H-pyrrole nitrogens is 1. The van der Waals surface area contributed by atoms with E-state index >= 15 is 0 Å². The maximum absolute atomic E-state index is 11.9. The highest BCUT2D eigenvalue weighted by molar-refractivity contribution is 6.41. The number of aryl methyl sites for hydroxylation is 2. The lowest BCUT2D eigenvalue weighted by Gasteiger charge is -2.13. The van der Waals surface area contributed by atoms with Crippen LogP contribution in [0.2, 0.25) is 0 Å². The highest BCUT2D eigenvalue weighted by Crippen LogP contribution is 2.31. The molecule has 0 aliphatic carbocycles. The zero-order valence-corrected chi connectivity index (χ0v) is 22.8. The van der Waals surface area contributed by atoms with Gasteiger partial charge in [-0.15, -0.1) is 10.2 Å². The molecule has 200 valence electrons. The number of rotatable bonds is 8. The van der Waals surface area contributed by atoms with Gasteiger partial charge in [-0.2, -0.15) is 5.21 Å². The van der Waals surface area contributed by atoms with Gasteiger partial charge in [0.25, 0.3) is 0 Å². The summed E-state index contributed by atoms with van der Waals surface area (Å²) >= 11 is 0. The predicted octanol–water partition coefficient (Wildman–Crippen LogP) is 5.75. The van der Waals surface area contributed by atoms with Crippen LogP contribution in [0, 0.1) is 6.92 Å². The van der Waals surface area contributed by atoms with Crippen LogP contribution in [0.5, 0.6) is 0 Å². The van der Waals surface area contributed by atoms with Crippen molar-refractivity contribution in [3.8, 4) is 22.5 Å². The van der Waals surface area contributed by atoms with Crippen LogP contribution in [0.3, 0.4) is 0 Å². The van der Waals surface area contributed by atoms with Crippen LogP contribution in [0.25, 0.3) is 39.4 Å². The molecule has 0 fully saturated rings. The summed E-state index contributed by atoms with van der Waals surface area (Å²) in [4.78, 5) is 26.5. The number of nitrogens with zero attached hydrogens (tertiary/aromatic N) is 7. The number of fused-ring (bicyclic) bond motifs is 1. The zero-order chi connectivity index (χ0) is 27.6. The summed E-state index contributed by atoms with van der Waals surface area (Å²) in [5, 5.41) is 14.6. The van der Waals surface area contributed by atoms with Crippen molar-refractivity contribution in [1.82, 2.24) is 35.2 Å². The van der Waals surface area contributed by atoms with Gasteiger partial charge < -0.3 is 4.57 Å². The fourth-order valence-corrected chi connectivity index (χ4v) is 5.11. The number of aromatic amines is 1. The van der Waals surface area contributed by atoms with Crippen LogP contribution < -0.4 is 0 Å². The van der Waals surface area contributed by atoms with E-state index in [4.69, 9.17) is 9.97 Å². The number of benzene rings is 2. The summed E-state index contributed by atoms with van der Waals surface area (Å²) < 4.78 is 2.23. The number of aliphatic imine (C=N–C) groups is 1. The molecule has 0 bridgehead atoms. The number of hydrogen-bond acceptors (Lipinski definition) is 7. The number of hydrogen-bond donors (Lipinski definition) is 1. The normalized spacial score (nSPS) is 13.5.